The molecule has 1 N–H and O–H groups in total. The highest BCUT2D eigenvalue weighted by Gasteiger charge is 2.22. The zero-order valence-corrected chi connectivity index (χ0v) is 12.5. The molecule has 0 bridgehead atoms. The molecule has 1 heterocycles. The quantitative estimate of drug-likeness (QED) is 0.820. The van der Waals surface area contributed by atoms with E-state index in [0.717, 1.165) is 5.75 Å². The lowest BCUT2D eigenvalue weighted by atomic mass is 10.2. The smallest absolute Gasteiger partial charge is 0.328 e. The van der Waals surface area contributed by atoms with E-state index in [4.69, 9.17) is 11.6 Å². The van der Waals surface area contributed by atoms with Crippen LogP contribution in [-0.4, -0.2) is 37.0 Å². The summed E-state index contributed by atoms with van der Waals surface area (Å²) in [5.41, 5.74) is 0. The van der Waals surface area contributed by atoms with E-state index in [9.17, 15) is 9.59 Å². The lowest BCUT2D eigenvalue weighted by Crippen LogP contribution is -2.41. The van der Waals surface area contributed by atoms with Gasteiger partial charge in [-0.3, -0.25) is 4.79 Å². The molecule has 1 rings (SSSR count). The van der Waals surface area contributed by atoms with Gasteiger partial charge >= 0.3 is 5.97 Å². The van der Waals surface area contributed by atoms with Crippen molar-refractivity contribution < 1.29 is 14.3 Å². The molecule has 4 nitrogen and oxygen atoms in total. The third kappa shape index (κ3) is 4.51. The van der Waals surface area contributed by atoms with Crippen molar-refractivity contribution in [2.24, 2.45) is 0 Å². The minimum Gasteiger partial charge on any atom is -0.467 e. The molecule has 1 aromatic heterocycles. The maximum absolute atomic E-state index is 11.9. The Morgan fingerprint density at radius 2 is 2.28 bits per heavy atom. The van der Waals surface area contributed by atoms with Crippen LogP contribution >= 0.6 is 34.7 Å². The van der Waals surface area contributed by atoms with Gasteiger partial charge in [0.05, 0.1) is 16.3 Å². The van der Waals surface area contributed by atoms with E-state index in [0.29, 0.717) is 15.6 Å². The van der Waals surface area contributed by atoms with Crippen LogP contribution < -0.4 is 5.32 Å². The van der Waals surface area contributed by atoms with Gasteiger partial charge in [-0.25, -0.2) is 4.79 Å². The van der Waals surface area contributed by atoms with Crippen LogP contribution in [0.1, 0.15) is 16.1 Å². The minimum atomic E-state index is -0.615. The maximum Gasteiger partial charge on any atom is 0.328 e. The van der Waals surface area contributed by atoms with Crippen LogP contribution in [0.3, 0.4) is 0 Å². The monoisotopic (exact) mass is 307 g/mol. The molecule has 0 radical (unpaired) electrons. The fourth-order valence-corrected chi connectivity index (χ4v) is 2.71. The summed E-state index contributed by atoms with van der Waals surface area (Å²) >= 11 is 8.54. The normalized spacial score (nSPS) is 11.9. The number of rotatable bonds is 6. The van der Waals surface area contributed by atoms with Crippen LogP contribution in [0, 0.1) is 0 Å². The van der Waals surface area contributed by atoms with Crippen molar-refractivity contribution in [2.75, 3.05) is 19.1 Å². The number of esters is 1. The zero-order chi connectivity index (χ0) is 13.5. The van der Waals surface area contributed by atoms with Crippen molar-refractivity contribution in [3.05, 3.63) is 21.3 Å². The molecule has 7 heteroatoms. The van der Waals surface area contributed by atoms with Crippen LogP contribution in [0.2, 0.25) is 4.34 Å². The van der Waals surface area contributed by atoms with Crippen molar-refractivity contribution in [1.29, 1.82) is 0 Å². The molecule has 18 heavy (non-hydrogen) atoms. The fourth-order valence-electron chi connectivity index (χ4n) is 1.29. The molecule has 1 atom stereocenters. The summed E-state index contributed by atoms with van der Waals surface area (Å²) in [5, 5.41) is 2.66. The van der Waals surface area contributed by atoms with Crippen LogP contribution in [0.5, 0.6) is 0 Å². The number of ether oxygens (including phenoxy) is 1. The van der Waals surface area contributed by atoms with E-state index in [2.05, 4.69) is 10.1 Å². The summed E-state index contributed by atoms with van der Waals surface area (Å²) in [6.45, 7) is 0. The predicted molar refractivity (Wildman–Crippen MR) is 75.6 cm³/mol. The van der Waals surface area contributed by atoms with Crippen molar-refractivity contribution in [1.82, 2.24) is 5.32 Å². The van der Waals surface area contributed by atoms with Crippen molar-refractivity contribution in [3.8, 4) is 0 Å². The van der Waals surface area contributed by atoms with E-state index >= 15 is 0 Å². The number of carbonyl (C=O) groups is 2. The molecule has 0 unspecified atom stereocenters. The second kappa shape index (κ2) is 7.66. The topological polar surface area (TPSA) is 55.4 Å². The Labute approximate surface area is 119 Å². The van der Waals surface area contributed by atoms with Gasteiger partial charge in [-0.15, -0.1) is 11.3 Å². The highest BCUT2D eigenvalue weighted by Crippen LogP contribution is 2.21. The molecule has 0 aliphatic rings. The first-order valence-electron chi connectivity index (χ1n) is 5.21. The molecule has 0 spiro atoms. The van der Waals surface area contributed by atoms with E-state index in [1.807, 2.05) is 6.26 Å². The number of methoxy groups -OCH3 is 1. The molecule has 100 valence electrons. The van der Waals surface area contributed by atoms with E-state index in [-0.39, 0.29) is 5.91 Å². The molecule has 1 aromatic rings. The van der Waals surface area contributed by atoms with E-state index < -0.39 is 12.0 Å². The Balaban J connectivity index is 2.64. The van der Waals surface area contributed by atoms with Gasteiger partial charge in [-0.1, -0.05) is 11.6 Å². The lowest BCUT2D eigenvalue weighted by molar-refractivity contribution is -0.142. The number of thiophene rings is 1. The van der Waals surface area contributed by atoms with Crippen LogP contribution in [-0.2, 0) is 9.53 Å². The SMILES string of the molecule is COC(=O)[C@@H](CCSC)NC(=O)c1ccc(Cl)s1. The van der Waals surface area contributed by atoms with E-state index in [1.165, 1.54) is 18.4 Å². The second-order valence-electron chi connectivity index (χ2n) is 3.43. The van der Waals surface area contributed by atoms with Crippen molar-refractivity contribution in [3.63, 3.8) is 0 Å². The maximum atomic E-state index is 11.9. The summed E-state index contributed by atoms with van der Waals surface area (Å²) in [6.07, 6.45) is 2.48. The van der Waals surface area contributed by atoms with Gasteiger partial charge in [0.15, 0.2) is 0 Å². The summed E-state index contributed by atoms with van der Waals surface area (Å²) in [5.74, 6) is 0.0362. The van der Waals surface area contributed by atoms with Gasteiger partial charge < -0.3 is 10.1 Å². The molecule has 0 aromatic carbocycles. The van der Waals surface area contributed by atoms with Gasteiger partial charge in [0, 0.05) is 0 Å². The Hall–Kier alpha value is -0.720. The fraction of sp³-hybridized carbons (Fsp3) is 0.455. The zero-order valence-electron chi connectivity index (χ0n) is 10.1. The Morgan fingerprint density at radius 3 is 2.78 bits per heavy atom. The predicted octanol–water partition coefficient (Wildman–Crippen LogP) is 2.43. The number of halogens is 1. The first-order valence-corrected chi connectivity index (χ1v) is 7.80. The highest BCUT2D eigenvalue weighted by molar-refractivity contribution is 7.98. The first kappa shape index (κ1) is 15.3. The molecule has 1 amide bonds. The summed E-state index contributed by atoms with van der Waals surface area (Å²) < 4.78 is 5.21. The first-order chi connectivity index (χ1) is 8.58. The van der Waals surface area contributed by atoms with Gasteiger partial charge in [-0.05, 0) is 30.6 Å². The van der Waals surface area contributed by atoms with Gasteiger partial charge in [0.25, 0.3) is 5.91 Å². The third-order valence-corrected chi connectivity index (χ3v) is 4.07. The molecular weight excluding hydrogens is 294 g/mol. The van der Waals surface area contributed by atoms with Crippen molar-refractivity contribution in [2.45, 2.75) is 12.5 Å². The highest BCUT2D eigenvalue weighted by atomic mass is 35.5. The van der Waals surface area contributed by atoms with Crippen LogP contribution in [0.25, 0.3) is 0 Å². The minimum absolute atomic E-state index is 0.302. The van der Waals surface area contributed by atoms with Crippen molar-refractivity contribution >= 4 is 46.6 Å². The summed E-state index contributed by atoms with van der Waals surface area (Å²) in [4.78, 5) is 23.9. The molecule has 0 fully saturated rings. The number of nitrogens with one attached hydrogen (secondary N) is 1. The Morgan fingerprint density at radius 1 is 1.56 bits per heavy atom. The molecule has 0 saturated carbocycles. The van der Waals surface area contributed by atoms with Crippen LogP contribution in [0.4, 0.5) is 0 Å². The molecule has 0 aliphatic carbocycles. The van der Waals surface area contributed by atoms with E-state index in [1.54, 1.807) is 23.9 Å². The number of amides is 1. The number of thioether (sulfide) groups is 1. The number of hydrogen-bond acceptors (Lipinski definition) is 5. The van der Waals surface area contributed by atoms with Gasteiger partial charge in [-0.2, -0.15) is 11.8 Å². The number of hydrogen-bond donors (Lipinski definition) is 1. The average molecular weight is 308 g/mol. The van der Waals surface area contributed by atoms with Crippen LogP contribution in [0.15, 0.2) is 12.1 Å². The molecular formula is C11H14ClNO3S2. The Kier molecular flexibility index (Phi) is 6.52. The summed E-state index contributed by atoms with van der Waals surface area (Å²) in [6, 6.07) is 2.66. The van der Waals surface area contributed by atoms with Gasteiger partial charge in [0.2, 0.25) is 0 Å². The summed E-state index contributed by atoms with van der Waals surface area (Å²) in [7, 11) is 1.31. The Bertz CT molecular complexity index is 422. The van der Waals surface area contributed by atoms with Gasteiger partial charge in [0.1, 0.15) is 6.04 Å². The average Bonchev–Trinajstić information content (AvgIpc) is 2.80. The third-order valence-electron chi connectivity index (χ3n) is 2.20. The molecule has 0 aliphatic heterocycles. The standard InChI is InChI=1S/C11H14ClNO3S2/c1-16-11(15)7(5-6-17-2)13-10(14)8-3-4-9(12)18-8/h3-4,7H,5-6H2,1-2H3,(H,13,14)/t7-/m1/s1. The lowest BCUT2D eigenvalue weighted by Gasteiger charge is -2.15. The number of carbonyl (C=O) groups excluding carboxylic acids is 2. The largest absolute Gasteiger partial charge is 0.467 e. The molecule has 0 saturated heterocycles. The second-order valence-corrected chi connectivity index (χ2v) is 6.14.